The minimum Gasteiger partial charge on any atom is -0.442 e. The van der Waals surface area contributed by atoms with Crippen LogP contribution in [-0.2, 0) is 16.3 Å². The number of rotatable bonds is 3. The van der Waals surface area contributed by atoms with Gasteiger partial charge in [-0.15, -0.1) is 5.10 Å². The Morgan fingerprint density at radius 3 is 2.95 bits per heavy atom. The van der Waals surface area contributed by atoms with Gasteiger partial charge < -0.3 is 4.74 Å². The topological polar surface area (TPSA) is 74.1 Å². The number of fused-ring (bicyclic) bond motifs is 1. The number of hydrogen-bond acceptors (Lipinski definition) is 5. The summed E-state index contributed by atoms with van der Waals surface area (Å²) in [7, 11) is 0. The van der Waals surface area contributed by atoms with E-state index in [0.717, 1.165) is 11.1 Å². The Morgan fingerprint density at radius 2 is 2.21 bits per heavy atom. The minimum atomic E-state index is -0.303. The summed E-state index contributed by atoms with van der Waals surface area (Å²) in [4.78, 5) is 23.6. The molecule has 1 saturated carbocycles. The second kappa shape index (κ2) is 4.46. The molecule has 98 valence electrons. The molecule has 1 aliphatic carbocycles. The summed E-state index contributed by atoms with van der Waals surface area (Å²) < 4.78 is 6.14. The fraction of sp³-hybridized carbons (Fsp3) is 0.385. The molecule has 1 aliphatic rings. The van der Waals surface area contributed by atoms with Crippen LogP contribution >= 0.6 is 0 Å². The molecule has 3 rings (SSSR count). The molecule has 6 heteroatoms. The van der Waals surface area contributed by atoms with Gasteiger partial charge in [-0.1, -0.05) is 24.3 Å². The van der Waals surface area contributed by atoms with E-state index in [2.05, 4.69) is 10.3 Å². The third kappa shape index (κ3) is 2.21. The maximum Gasteiger partial charge on any atom is 0.311 e. The zero-order chi connectivity index (χ0) is 13.4. The van der Waals surface area contributed by atoms with Gasteiger partial charge in [0.15, 0.2) is 6.73 Å². The van der Waals surface area contributed by atoms with Gasteiger partial charge in [-0.05, 0) is 24.5 Å². The highest BCUT2D eigenvalue weighted by Crippen LogP contribution is 2.38. The highest BCUT2D eigenvalue weighted by atomic mass is 16.5. The van der Waals surface area contributed by atoms with E-state index in [1.807, 2.05) is 6.92 Å². The third-order valence-electron chi connectivity index (χ3n) is 3.37. The Hall–Kier alpha value is -2.24. The molecule has 0 saturated heterocycles. The summed E-state index contributed by atoms with van der Waals surface area (Å²) >= 11 is 0. The van der Waals surface area contributed by atoms with Crippen LogP contribution in [0.15, 0.2) is 29.1 Å². The average molecular weight is 259 g/mol. The standard InChI is InChI=1S/C13H13N3O3/c1-8-6-10(8)13(18)19-7-16-12(17)9-4-2-3-5-11(9)14-15-16/h2-5,8,10H,6-7H2,1H3/t8-,10-/m1/s1. The molecule has 1 heterocycles. The average Bonchev–Trinajstić information content (AvgIpc) is 3.15. The van der Waals surface area contributed by atoms with Crippen molar-refractivity contribution in [3.63, 3.8) is 0 Å². The lowest BCUT2D eigenvalue weighted by atomic mass is 10.2. The summed E-state index contributed by atoms with van der Waals surface area (Å²) in [5.41, 5.74) is 0.230. The first kappa shape index (κ1) is 11.8. The van der Waals surface area contributed by atoms with Crippen LogP contribution in [0.2, 0.25) is 0 Å². The lowest BCUT2D eigenvalue weighted by Gasteiger charge is -2.05. The number of benzene rings is 1. The number of ether oxygens (including phenoxy) is 1. The van der Waals surface area contributed by atoms with Crippen LogP contribution in [0.4, 0.5) is 0 Å². The largest absolute Gasteiger partial charge is 0.442 e. The molecule has 0 unspecified atom stereocenters. The van der Waals surface area contributed by atoms with E-state index >= 15 is 0 Å². The third-order valence-corrected chi connectivity index (χ3v) is 3.37. The Morgan fingerprint density at radius 1 is 1.47 bits per heavy atom. The molecule has 0 amide bonds. The maximum absolute atomic E-state index is 12.1. The number of aromatic nitrogens is 3. The van der Waals surface area contributed by atoms with Crippen molar-refractivity contribution >= 4 is 16.9 Å². The molecular formula is C13H13N3O3. The van der Waals surface area contributed by atoms with Crippen molar-refractivity contribution in [3.05, 3.63) is 34.6 Å². The van der Waals surface area contributed by atoms with Crippen LogP contribution in [0.1, 0.15) is 13.3 Å². The van der Waals surface area contributed by atoms with Gasteiger partial charge in [-0.3, -0.25) is 9.59 Å². The van der Waals surface area contributed by atoms with Crippen molar-refractivity contribution in [2.24, 2.45) is 11.8 Å². The van der Waals surface area contributed by atoms with Crippen molar-refractivity contribution in [1.82, 2.24) is 15.0 Å². The number of carbonyl (C=O) groups is 1. The first-order valence-electron chi connectivity index (χ1n) is 6.16. The van der Waals surface area contributed by atoms with Gasteiger partial charge in [0.05, 0.1) is 11.3 Å². The van der Waals surface area contributed by atoms with E-state index in [1.54, 1.807) is 24.3 Å². The van der Waals surface area contributed by atoms with E-state index in [0.29, 0.717) is 16.8 Å². The first-order valence-corrected chi connectivity index (χ1v) is 6.16. The van der Waals surface area contributed by atoms with Gasteiger partial charge in [-0.2, -0.15) is 4.68 Å². The zero-order valence-electron chi connectivity index (χ0n) is 10.4. The fourth-order valence-corrected chi connectivity index (χ4v) is 1.99. The molecule has 0 spiro atoms. The molecular weight excluding hydrogens is 246 g/mol. The molecule has 19 heavy (non-hydrogen) atoms. The second-order valence-electron chi connectivity index (χ2n) is 4.82. The molecule has 2 aromatic rings. The summed E-state index contributed by atoms with van der Waals surface area (Å²) in [6.45, 7) is 1.81. The fourth-order valence-electron chi connectivity index (χ4n) is 1.99. The number of nitrogens with zero attached hydrogens (tertiary/aromatic N) is 3. The van der Waals surface area contributed by atoms with E-state index in [-0.39, 0.29) is 24.2 Å². The van der Waals surface area contributed by atoms with E-state index in [4.69, 9.17) is 4.74 Å². The molecule has 2 atom stereocenters. The van der Waals surface area contributed by atoms with Gasteiger partial charge in [0.1, 0.15) is 5.52 Å². The summed E-state index contributed by atoms with van der Waals surface area (Å²) in [5.74, 6) is 0.0883. The Labute approximate surface area is 109 Å². The van der Waals surface area contributed by atoms with E-state index in [1.165, 1.54) is 0 Å². The van der Waals surface area contributed by atoms with Crippen molar-refractivity contribution in [2.75, 3.05) is 0 Å². The first-order chi connectivity index (χ1) is 9.16. The Bertz CT molecular complexity index is 695. The van der Waals surface area contributed by atoms with Crippen LogP contribution in [-0.4, -0.2) is 21.0 Å². The molecule has 0 bridgehead atoms. The minimum absolute atomic E-state index is 0.0240. The lowest BCUT2D eigenvalue weighted by Crippen LogP contribution is -2.27. The van der Waals surface area contributed by atoms with E-state index in [9.17, 15) is 9.59 Å². The Kier molecular flexibility index (Phi) is 2.77. The summed E-state index contributed by atoms with van der Waals surface area (Å²) in [5, 5.41) is 8.14. The zero-order valence-corrected chi connectivity index (χ0v) is 10.4. The van der Waals surface area contributed by atoms with Crippen molar-refractivity contribution in [1.29, 1.82) is 0 Å². The van der Waals surface area contributed by atoms with Gasteiger partial charge in [0.25, 0.3) is 5.56 Å². The highest BCUT2D eigenvalue weighted by Gasteiger charge is 2.40. The monoisotopic (exact) mass is 259 g/mol. The smallest absolute Gasteiger partial charge is 0.311 e. The van der Waals surface area contributed by atoms with Gasteiger partial charge in [-0.25, -0.2) is 0 Å². The molecule has 1 fully saturated rings. The van der Waals surface area contributed by atoms with Crippen molar-refractivity contribution in [2.45, 2.75) is 20.1 Å². The van der Waals surface area contributed by atoms with Crippen LogP contribution in [0.5, 0.6) is 0 Å². The molecule has 1 aromatic heterocycles. The van der Waals surface area contributed by atoms with Crippen molar-refractivity contribution < 1.29 is 9.53 Å². The predicted octanol–water partition coefficient (Wildman–Crippen LogP) is 0.948. The molecule has 0 aliphatic heterocycles. The van der Waals surface area contributed by atoms with E-state index < -0.39 is 0 Å². The molecule has 6 nitrogen and oxygen atoms in total. The molecule has 0 radical (unpaired) electrons. The molecule has 1 aromatic carbocycles. The van der Waals surface area contributed by atoms with Crippen LogP contribution in [0, 0.1) is 11.8 Å². The van der Waals surface area contributed by atoms with Crippen LogP contribution in [0.3, 0.4) is 0 Å². The maximum atomic E-state index is 12.1. The normalized spacial score (nSPS) is 21.3. The lowest BCUT2D eigenvalue weighted by molar-refractivity contribution is -0.150. The van der Waals surface area contributed by atoms with Crippen molar-refractivity contribution in [3.8, 4) is 0 Å². The van der Waals surface area contributed by atoms with Crippen LogP contribution in [0.25, 0.3) is 10.9 Å². The molecule has 0 N–H and O–H groups in total. The van der Waals surface area contributed by atoms with Gasteiger partial charge >= 0.3 is 5.97 Å². The summed E-state index contributed by atoms with van der Waals surface area (Å²) in [6, 6.07) is 6.93. The summed E-state index contributed by atoms with van der Waals surface area (Å²) in [6.07, 6.45) is 0.858. The predicted molar refractivity (Wildman–Crippen MR) is 67.2 cm³/mol. The SMILES string of the molecule is C[C@@H]1C[C@H]1C(=O)OCn1nnc2ccccc2c1=O. The second-order valence-corrected chi connectivity index (χ2v) is 4.82. The Balaban J connectivity index is 1.80. The number of esters is 1. The van der Waals surface area contributed by atoms with Gasteiger partial charge in [0, 0.05) is 0 Å². The highest BCUT2D eigenvalue weighted by molar-refractivity contribution is 5.76. The van der Waals surface area contributed by atoms with Crippen LogP contribution < -0.4 is 5.56 Å². The number of carbonyl (C=O) groups excluding carboxylic acids is 1. The number of hydrogen-bond donors (Lipinski definition) is 0. The van der Waals surface area contributed by atoms with Gasteiger partial charge in [0.2, 0.25) is 0 Å². The quantitative estimate of drug-likeness (QED) is 0.767.